The Morgan fingerprint density at radius 3 is 0.923 bits per heavy atom. The lowest BCUT2D eigenvalue weighted by molar-refractivity contribution is -0.394. The van der Waals surface area contributed by atoms with Gasteiger partial charge in [-0.05, 0) is 0 Å². The van der Waals surface area contributed by atoms with Crippen LogP contribution >= 0.6 is 0 Å². The summed E-state index contributed by atoms with van der Waals surface area (Å²) in [5, 5.41) is 15.7. The predicted octanol–water partition coefficient (Wildman–Crippen LogP) is 4.31. The van der Waals surface area contributed by atoms with Crippen molar-refractivity contribution in [2.75, 3.05) is 0 Å². The number of hydrogen-bond donors (Lipinski definition) is 2. The summed E-state index contributed by atoms with van der Waals surface area (Å²) in [5.74, 6) is -26.4. The zero-order chi connectivity index (χ0) is 21.0. The van der Waals surface area contributed by atoms with Gasteiger partial charge in [0.05, 0.1) is 0 Å². The molecule has 1 aromatic carbocycles. The Labute approximate surface area is 135 Å². The second kappa shape index (κ2) is 5.90. The molecule has 14 heteroatoms. The van der Waals surface area contributed by atoms with Crippen molar-refractivity contribution in [3.63, 3.8) is 0 Å². The summed E-state index contributed by atoms with van der Waals surface area (Å²) in [4.78, 5) is 0. The topological polar surface area (TPSA) is 40.5 Å². The van der Waals surface area contributed by atoms with Crippen molar-refractivity contribution >= 4 is 0 Å². The first-order valence-corrected chi connectivity index (χ1v) is 6.04. The minimum absolute atomic E-state index is 0.254. The Bertz CT molecular complexity index is 602. The van der Waals surface area contributed by atoms with Crippen LogP contribution in [-0.4, -0.2) is 34.3 Å². The van der Waals surface area contributed by atoms with Crippen LogP contribution in [-0.2, 0) is 11.8 Å². The maximum absolute atomic E-state index is 13.7. The third-order valence-corrected chi connectivity index (χ3v) is 3.15. The van der Waals surface area contributed by atoms with E-state index in [0.29, 0.717) is 0 Å². The normalized spacial score (nSPS) is 15.3. The van der Waals surface area contributed by atoms with E-state index in [1.165, 1.54) is 0 Å². The van der Waals surface area contributed by atoms with E-state index in [4.69, 9.17) is 10.2 Å². The Morgan fingerprint density at radius 1 is 0.500 bits per heavy atom. The van der Waals surface area contributed by atoms with Crippen LogP contribution in [0.2, 0.25) is 0 Å². The van der Waals surface area contributed by atoms with E-state index in [0.717, 1.165) is 0 Å². The first kappa shape index (κ1) is 22.3. The smallest absolute Gasteiger partial charge is 0.331 e. The molecule has 0 bridgehead atoms. The van der Waals surface area contributed by atoms with Crippen LogP contribution in [0.1, 0.15) is 11.1 Å². The van der Waals surface area contributed by atoms with Crippen molar-refractivity contribution in [2.24, 2.45) is 0 Å². The lowest BCUT2D eigenvalue weighted by atomic mass is 9.90. The Hall–Kier alpha value is -1.70. The van der Waals surface area contributed by atoms with Crippen LogP contribution in [0, 0.1) is 0 Å². The van der Waals surface area contributed by atoms with E-state index in [1.54, 1.807) is 0 Å². The fourth-order valence-electron chi connectivity index (χ4n) is 1.75. The summed E-state index contributed by atoms with van der Waals surface area (Å²) in [6.45, 7) is 0. The van der Waals surface area contributed by atoms with Gasteiger partial charge < -0.3 is 10.2 Å². The summed E-state index contributed by atoms with van der Waals surface area (Å²) < 4.78 is 157. The molecular formula is C12H6F12O2. The number of halogens is 12. The van der Waals surface area contributed by atoms with Crippen molar-refractivity contribution < 1.29 is 62.9 Å². The van der Waals surface area contributed by atoms with E-state index >= 15 is 0 Å². The molecule has 0 saturated carbocycles. The summed E-state index contributed by atoms with van der Waals surface area (Å²) in [5.41, 5.74) is -5.79. The molecule has 0 saturated heterocycles. The lowest BCUT2D eigenvalue weighted by Gasteiger charge is -2.34. The van der Waals surface area contributed by atoms with Gasteiger partial charge in [0.1, 0.15) is 0 Å². The molecule has 0 amide bonds. The van der Waals surface area contributed by atoms with Gasteiger partial charge in [-0.15, -0.1) is 0 Å². The van der Waals surface area contributed by atoms with Crippen molar-refractivity contribution in [1.82, 2.24) is 0 Å². The molecule has 0 fully saturated rings. The first-order chi connectivity index (χ1) is 11.2. The standard InChI is InChI=1S/C12H6F12O2/c13-7(14,9(17,18)11(21,22)25)5-3-1-2-4-6(5)8(15,16)10(19,20)12(23,24)26/h1-4,25-26H. The zero-order valence-electron chi connectivity index (χ0n) is 11.7. The summed E-state index contributed by atoms with van der Waals surface area (Å²) in [7, 11) is 0. The van der Waals surface area contributed by atoms with Crippen molar-refractivity contribution in [1.29, 1.82) is 0 Å². The highest BCUT2D eigenvalue weighted by Crippen LogP contribution is 2.56. The van der Waals surface area contributed by atoms with E-state index < -0.39 is 59.2 Å². The van der Waals surface area contributed by atoms with Crippen molar-refractivity contribution in [3.05, 3.63) is 35.4 Å². The van der Waals surface area contributed by atoms with E-state index in [1.807, 2.05) is 0 Å². The maximum Gasteiger partial charge on any atom is 0.423 e. The molecule has 0 aliphatic heterocycles. The van der Waals surface area contributed by atoms with Gasteiger partial charge in [-0.2, -0.15) is 52.7 Å². The highest BCUT2D eigenvalue weighted by atomic mass is 19.4. The van der Waals surface area contributed by atoms with Gasteiger partial charge in [-0.1, -0.05) is 24.3 Å². The third-order valence-electron chi connectivity index (χ3n) is 3.15. The number of hydrogen-bond acceptors (Lipinski definition) is 2. The van der Waals surface area contributed by atoms with Crippen LogP contribution in [0.15, 0.2) is 24.3 Å². The predicted molar refractivity (Wildman–Crippen MR) is 58.5 cm³/mol. The van der Waals surface area contributed by atoms with E-state index in [-0.39, 0.29) is 12.1 Å². The molecule has 1 rings (SSSR count). The van der Waals surface area contributed by atoms with Crippen LogP contribution in [0.3, 0.4) is 0 Å². The molecule has 0 unspecified atom stereocenters. The van der Waals surface area contributed by atoms with Gasteiger partial charge in [0, 0.05) is 11.1 Å². The number of benzene rings is 1. The average Bonchev–Trinajstić information content (AvgIpc) is 2.44. The summed E-state index contributed by atoms with van der Waals surface area (Å²) >= 11 is 0. The van der Waals surface area contributed by atoms with Crippen molar-refractivity contribution in [3.8, 4) is 0 Å². The Balaban J connectivity index is 3.73. The zero-order valence-corrected chi connectivity index (χ0v) is 11.7. The average molecular weight is 410 g/mol. The van der Waals surface area contributed by atoms with Crippen LogP contribution in [0.4, 0.5) is 52.7 Å². The SMILES string of the molecule is OC(F)(F)C(F)(F)C(F)(F)c1ccccc1C(F)(F)C(F)(F)C(O)(F)F. The van der Waals surface area contributed by atoms with Gasteiger partial charge in [0.25, 0.3) is 0 Å². The molecule has 0 aliphatic carbocycles. The van der Waals surface area contributed by atoms with E-state index in [9.17, 15) is 52.7 Å². The lowest BCUT2D eigenvalue weighted by Crippen LogP contribution is -2.55. The minimum Gasteiger partial charge on any atom is -0.331 e. The molecule has 2 nitrogen and oxygen atoms in total. The number of rotatable bonds is 6. The molecule has 0 aromatic heterocycles. The van der Waals surface area contributed by atoms with Crippen LogP contribution in [0.5, 0.6) is 0 Å². The molecular weight excluding hydrogens is 404 g/mol. The highest BCUT2D eigenvalue weighted by molar-refractivity contribution is 5.38. The van der Waals surface area contributed by atoms with Gasteiger partial charge >= 0.3 is 35.9 Å². The van der Waals surface area contributed by atoms with Gasteiger partial charge in [-0.3, -0.25) is 0 Å². The number of alkyl halides is 12. The highest BCUT2D eigenvalue weighted by Gasteiger charge is 2.76. The monoisotopic (exact) mass is 410 g/mol. The molecule has 0 spiro atoms. The largest absolute Gasteiger partial charge is 0.423 e. The van der Waals surface area contributed by atoms with Gasteiger partial charge in [-0.25, -0.2) is 0 Å². The van der Waals surface area contributed by atoms with E-state index in [2.05, 4.69) is 0 Å². The van der Waals surface area contributed by atoms with Crippen LogP contribution < -0.4 is 0 Å². The van der Waals surface area contributed by atoms with Crippen molar-refractivity contribution in [2.45, 2.75) is 35.9 Å². The minimum atomic E-state index is -6.79. The fourth-order valence-corrected chi connectivity index (χ4v) is 1.75. The molecule has 150 valence electrons. The quantitative estimate of drug-likeness (QED) is 0.687. The fraction of sp³-hybridized carbons (Fsp3) is 0.500. The van der Waals surface area contributed by atoms with Crippen LogP contribution in [0.25, 0.3) is 0 Å². The molecule has 0 radical (unpaired) electrons. The Morgan fingerprint density at radius 2 is 0.731 bits per heavy atom. The molecule has 0 aliphatic rings. The van der Waals surface area contributed by atoms with Gasteiger partial charge in [0.2, 0.25) is 0 Å². The third kappa shape index (κ3) is 3.08. The Kier molecular flexibility index (Phi) is 5.07. The number of aliphatic hydroxyl groups is 2. The first-order valence-electron chi connectivity index (χ1n) is 6.04. The second-order valence-corrected chi connectivity index (χ2v) is 4.93. The summed E-state index contributed by atoms with van der Waals surface area (Å²) in [6, 6.07) is -0.365. The molecule has 1 aromatic rings. The molecule has 2 N–H and O–H groups in total. The maximum atomic E-state index is 13.7. The summed E-state index contributed by atoms with van der Waals surface area (Å²) in [6.07, 6.45) is -13.0. The molecule has 0 atom stereocenters. The molecule has 26 heavy (non-hydrogen) atoms. The van der Waals surface area contributed by atoms with Gasteiger partial charge in [0.15, 0.2) is 0 Å². The molecule has 0 heterocycles. The second-order valence-electron chi connectivity index (χ2n) is 4.93.